The molecule has 0 aliphatic heterocycles. The lowest BCUT2D eigenvalue weighted by Crippen LogP contribution is -2.32. The number of aliphatic hydroxyl groups excluding tert-OH is 1. The molecule has 188 valence electrons. The average Bonchev–Trinajstić information content (AvgIpc) is 2.81. The van der Waals surface area contributed by atoms with E-state index >= 15 is 0 Å². The van der Waals surface area contributed by atoms with E-state index in [9.17, 15) is 18.3 Å². The highest BCUT2D eigenvalue weighted by atomic mass is 35.5. The van der Waals surface area contributed by atoms with Crippen LogP contribution < -0.4 is 10.1 Å². The molecule has 0 amide bonds. The molecule has 3 aromatic rings. The third-order valence-corrected chi connectivity index (χ3v) is 7.15. The molecule has 0 heterocycles. The van der Waals surface area contributed by atoms with Crippen LogP contribution in [0.3, 0.4) is 0 Å². The Morgan fingerprint density at radius 2 is 1.71 bits per heavy atom. The van der Waals surface area contributed by atoms with Gasteiger partial charge >= 0.3 is 5.97 Å². The summed E-state index contributed by atoms with van der Waals surface area (Å²) in [7, 11) is -3.79. The summed E-state index contributed by atoms with van der Waals surface area (Å²) in [5, 5.41) is 22.9. The van der Waals surface area contributed by atoms with Crippen LogP contribution in [0.2, 0.25) is 5.02 Å². The van der Waals surface area contributed by atoms with Gasteiger partial charge in [0.25, 0.3) is 0 Å². The van der Waals surface area contributed by atoms with E-state index in [0.717, 1.165) is 11.1 Å². The molecule has 3 N–H and O–H groups in total. The van der Waals surface area contributed by atoms with Crippen molar-refractivity contribution in [2.45, 2.75) is 35.3 Å². The van der Waals surface area contributed by atoms with Gasteiger partial charge in [0.2, 0.25) is 9.84 Å². The Morgan fingerprint density at radius 1 is 1.03 bits per heavy atom. The van der Waals surface area contributed by atoms with Crippen molar-refractivity contribution >= 4 is 39.8 Å². The Morgan fingerprint density at radius 3 is 2.37 bits per heavy atom. The van der Waals surface area contributed by atoms with Gasteiger partial charge in [0.1, 0.15) is 5.75 Å². The second kappa shape index (κ2) is 12.9. The SMILES string of the molecule is C[C@H](Cc1ccc(S(=O)(=O)c2cccc(OCC(=O)O)c2)cc1)NC[C@@H](O)c1cccc(Cl)c1.Cl. The summed E-state index contributed by atoms with van der Waals surface area (Å²) in [5.74, 6) is -0.980. The van der Waals surface area contributed by atoms with Crippen molar-refractivity contribution in [3.63, 3.8) is 0 Å². The average molecular weight is 540 g/mol. The molecule has 0 saturated carbocycles. The number of hydrogen-bond donors (Lipinski definition) is 3. The maximum atomic E-state index is 13.0. The molecule has 3 aromatic carbocycles. The predicted molar refractivity (Wildman–Crippen MR) is 136 cm³/mol. The van der Waals surface area contributed by atoms with Crippen LogP contribution >= 0.6 is 24.0 Å². The number of carboxylic acid groups (broad SMARTS) is 1. The van der Waals surface area contributed by atoms with E-state index in [2.05, 4.69) is 5.32 Å². The zero-order valence-electron chi connectivity index (χ0n) is 18.9. The number of rotatable bonds is 11. The summed E-state index contributed by atoms with van der Waals surface area (Å²) < 4.78 is 31.0. The van der Waals surface area contributed by atoms with Gasteiger partial charge in [0, 0.05) is 17.6 Å². The number of carbonyl (C=O) groups is 1. The van der Waals surface area contributed by atoms with Crippen molar-refractivity contribution in [2.24, 2.45) is 0 Å². The van der Waals surface area contributed by atoms with E-state index in [0.29, 0.717) is 18.0 Å². The van der Waals surface area contributed by atoms with Gasteiger partial charge in [-0.25, -0.2) is 13.2 Å². The van der Waals surface area contributed by atoms with Crippen molar-refractivity contribution in [1.29, 1.82) is 0 Å². The summed E-state index contributed by atoms with van der Waals surface area (Å²) >= 11 is 5.97. The standard InChI is InChI=1S/C25H26ClNO6S.ClH/c1-17(27-15-24(28)19-4-2-5-20(26)13-19)12-18-8-10-22(11-9-18)34(31,32)23-7-3-6-21(14-23)33-16-25(29)30;/h2-11,13-14,17,24,27-28H,12,15-16H2,1H3,(H,29,30);1H/t17-,24-;/m1./s1. The highest BCUT2D eigenvalue weighted by Crippen LogP contribution is 2.25. The third-order valence-electron chi connectivity index (χ3n) is 5.15. The fourth-order valence-electron chi connectivity index (χ4n) is 3.39. The molecule has 0 radical (unpaired) electrons. The van der Waals surface area contributed by atoms with E-state index in [1.165, 1.54) is 24.3 Å². The normalized spacial score (nSPS) is 12.9. The van der Waals surface area contributed by atoms with Crippen molar-refractivity contribution in [2.75, 3.05) is 13.2 Å². The van der Waals surface area contributed by atoms with Gasteiger partial charge in [-0.15, -0.1) is 12.4 Å². The first-order chi connectivity index (χ1) is 16.1. The molecule has 0 aromatic heterocycles. The number of sulfone groups is 1. The molecular formula is C25H27Cl2NO6S. The Bertz CT molecular complexity index is 1230. The molecule has 3 rings (SSSR count). The summed E-state index contributed by atoms with van der Waals surface area (Å²) in [6.45, 7) is 1.78. The van der Waals surface area contributed by atoms with E-state index in [1.54, 1.807) is 42.5 Å². The second-order valence-corrected chi connectivity index (χ2v) is 10.3. The van der Waals surface area contributed by atoms with Gasteiger partial charge in [0.15, 0.2) is 6.61 Å². The first-order valence-electron chi connectivity index (χ1n) is 10.6. The summed E-state index contributed by atoms with van der Waals surface area (Å²) in [5.41, 5.74) is 1.67. The lowest BCUT2D eigenvalue weighted by molar-refractivity contribution is -0.139. The van der Waals surface area contributed by atoms with Gasteiger partial charge in [0.05, 0.1) is 15.9 Å². The number of carboxylic acids is 1. The van der Waals surface area contributed by atoms with E-state index in [4.69, 9.17) is 21.4 Å². The molecule has 0 saturated heterocycles. The van der Waals surface area contributed by atoms with Crippen LogP contribution in [-0.4, -0.2) is 43.8 Å². The lowest BCUT2D eigenvalue weighted by Gasteiger charge is -2.18. The monoisotopic (exact) mass is 539 g/mol. The topological polar surface area (TPSA) is 113 Å². The minimum Gasteiger partial charge on any atom is -0.482 e. The second-order valence-electron chi connectivity index (χ2n) is 7.89. The van der Waals surface area contributed by atoms with Crippen LogP contribution in [0.25, 0.3) is 0 Å². The highest BCUT2D eigenvalue weighted by Gasteiger charge is 2.19. The number of halogens is 2. The largest absolute Gasteiger partial charge is 0.482 e. The van der Waals surface area contributed by atoms with Crippen LogP contribution in [-0.2, 0) is 21.1 Å². The van der Waals surface area contributed by atoms with E-state index in [-0.39, 0.29) is 34.0 Å². The van der Waals surface area contributed by atoms with Crippen molar-refractivity contribution < 1.29 is 28.2 Å². The fourth-order valence-corrected chi connectivity index (χ4v) is 4.88. The van der Waals surface area contributed by atoms with Gasteiger partial charge in [-0.1, -0.05) is 41.9 Å². The number of aliphatic hydroxyl groups is 1. The number of hydrogen-bond acceptors (Lipinski definition) is 6. The maximum absolute atomic E-state index is 13.0. The first-order valence-corrected chi connectivity index (χ1v) is 12.5. The predicted octanol–water partition coefficient (Wildman–Crippen LogP) is 4.31. The number of aliphatic carboxylic acids is 1. The summed E-state index contributed by atoms with van der Waals surface area (Å²) in [6.07, 6.45) is -0.0508. The molecule has 2 atom stereocenters. The van der Waals surface area contributed by atoms with Gasteiger partial charge < -0.3 is 20.3 Å². The third kappa shape index (κ3) is 8.23. The lowest BCUT2D eigenvalue weighted by atomic mass is 10.1. The van der Waals surface area contributed by atoms with Crippen LogP contribution in [0.15, 0.2) is 82.6 Å². The molecule has 10 heteroatoms. The van der Waals surface area contributed by atoms with Crippen molar-refractivity contribution in [1.82, 2.24) is 5.32 Å². The Hall–Kier alpha value is -2.62. The number of benzene rings is 3. The Kier molecular flexibility index (Phi) is 10.5. The first kappa shape index (κ1) is 28.6. The molecular weight excluding hydrogens is 513 g/mol. The van der Waals surface area contributed by atoms with E-state index < -0.39 is 28.5 Å². The Balaban J connectivity index is 0.00000432. The van der Waals surface area contributed by atoms with Gasteiger partial charge in [-0.2, -0.15) is 0 Å². The quantitative estimate of drug-likeness (QED) is 0.332. The van der Waals surface area contributed by atoms with E-state index in [1.807, 2.05) is 13.0 Å². The minimum absolute atomic E-state index is 0. The zero-order chi connectivity index (χ0) is 24.7. The molecule has 0 unspecified atom stereocenters. The molecule has 0 bridgehead atoms. The molecule has 0 spiro atoms. The van der Waals surface area contributed by atoms with Gasteiger partial charge in [-0.05, 0) is 66.9 Å². The number of ether oxygens (including phenoxy) is 1. The highest BCUT2D eigenvalue weighted by molar-refractivity contribution is 7.91. The summed E-state index contributed by atoms with van der Waals surface area (Å²) in [6, 6.07) is 19.5. The van der Waals surface area contributed by atoms with Gasteiger partial charge in [-0.3, -0.25) is 0 Å². The fraction of sp³-hybridized carbons (Fsp3) is 0.240. The van der Waals surface area contributed by atoms with Crippen molar-refractivity contribution in [3.05, 3.63) is 88.9 Å². The molecule has 7 nitrogen and oxygen atoms in total. The van der Waals surface area contributed by atoms with Crippen LogP contribution in [0.5, 0.6) is 5.75 Å². The van der Waals surface area contributed by atoms with Crippen molar-refractivity contribution in [3.8, 4) is 5.75 Å². The summed E-state index contributed by atoms with van der Waals surface area (Å²) in [4.78, 5) is 10.8. The minimum atomic E-state index is -3.79. The smallest absolute Gasteiger partial charge is 0.341 e. The molecule has 0 aliphatic carbocycles. The molecule has 0 fully saturated rings. The molecule has 0 aliphatic rings. The molecule has 35 heavy (non-hydrogen) atoms. The van der Waals surface area contributed by atoms with Crippen LogP contribution in [0.1, 0.15) is 24.2 Å². The van der Waals surface area contributed by atoms with Crippen LogP contribution in [0.4, 0.5) is 0 Å². The Labute approximate surface area is 216 Å². The number of nitrogens with one attached hydrogen (secondary N) is 1. The maximum Gasteiger partial charge on any atom is 0.341 e. The zero-order valence-corrected chi connectivity index (χ0v) is 21.3. The van der Waals surface area contributed by atoms with Crippen LogP contribution in [0, 0.1) is 0 Å².